The number of carbonyl (C=O) groups is 3. The maximum Gasteiger partial charge on any atom is 0.252 e. The average Bonchev–Trinajstić information content (AvgIpc) is 3.06. The lowest BCUT2D eigenvalue weighted by Gasteiger charge is -2.46. The highest BCUT2D eigenvalue weighted by atomic mass is 16.5. The molecule has 2 aliphatic rings. The number of likely N-dealkylation sites (tertiary alicyclic amines) is 2. The van der Waals surface area contributed by atoms with Crippen LogP contribution >= 0.6 is 0 Å². The Bertz CT molecular complexity index is 1030. The number of amides is 3. The number of carbonyl (C=O) groups excluding carboxylic acids is 3. The van der Waals surface area contributed by atoms with Crippen molar-refractivity contribution in [3.05, 3.63) is 60.2 Å². The van der Waals surface area contributed by atoms with Crippen molar-refractivity contribution in [3.8, 4) is 5.75 Å². The number of benzene rings is 2. The summed E-state index contributed by atoms with van der Waals surface area (Å²) >= 11 is 0. The van der Waals surface area contributed by atoms with Gasteiger partial charge in [0, 0.05) is 32.9 Å². The van der Waals surface area contributed by atoms with Gasteiger partial charge >= 0.3 is 0 Å². The van der Waals surface area contributed by atoms with Crippen molar-refractivity contribution < 1.29 is 23.9 Å². The summed E-state index contributed by atoms with van der Waals surface area (Å²) in [4.78, 5) is 42.9. The van der Waals surface area contributed by atoms with Gasteiger partial charge in [0.25, 0.3) is 5.91 Å². The number of piperidine rings is 1. The number of nitrogens with one attached hydrogen (secondary N) is 1. The third kappa shape index (κ3) is 4.37. The zero-order valence-corrected chi connectivity index (χ0v) is 19.8. The minimum Gasteiger partial charge on any atom is -0.497 e. The van der Waals surface area contributed by atoms with Crippen LogP contribution in [-0.4, -0.2) is 73.5 Å². The molecule has 0 aromatic heterocycles. The second-order valence-corrected chi connectivity index (χ2v) is 8.90. The van der Waals surface area contributed by atoms with Crippen molar-refractivity contribution in [2.24, 2.45) is 5.92 Å². The molecule has 2 fully saturated rings. The highest BCUT2D eigenvalue weighted by Crippen LogP contribution is 2.44. The Morgan fingerprint density at radius 3 is 2.26 bits per heavy atom. The fraction of sp³-hybridized carbons (Fsp3) is 0.423. The van der Waals surface area contributed by atoms with Crippen LogP contribution in [0.15, 0.2) is 54.6 Å². The van der Waals surface area contributed by atoms with Crippen LogP contribution in [0.3, 0.4) is 0 Å². The predicted molar refractivity (Wildman–Crippen MR) is 127 cm³/mol. The first-order chi connectivity index (χ1) is 16.4. The molecule has 34 heavy (non-hydrogen) atoms. The van der Waals surface area contributed by atoms with Crippen molar-refractivity contribution in [3.63, 3.8) is 0 Å². The molecule has 2 atom stereocenters. The van der Waals surface area contributed by atoms with Gasteiger partial charge in [-0.15, -0.1) is 0 Å². The van der Waals surface area contributed by atoms with Crippen LogP contribution in [0.4, 0.5) is 5.69 Å². The normalized spacial score (nSPS) is 21.6. The lowest BCUT2D eigenvalue weighted by molar-refractivity contribution is -0.138. The molecule has 4 rings (SSSR count). The van der Waals surface area contributed by atoms with Gasteiger partial charge in [-0.25, -0.2) is 0 Å². The summed E-state index contributed by atoms with van der Waals surface area (Å²) in [5.74, 6) is -0.338. The number of anilines is 1. The summed E-state index contributed by atoms with van der Waals surface area (Å²) in [6, 6.07) is 16.6. The highest BCUT2D eigenvalue weighted by molar-refractivity contribution is 6.01. The number of methoxy groups -OCH3 is 2. The van der Waals surface area contributed by atoms with E-state index in [0.29, 0.717) is 38.0 Å². The molecule has 3 amide bonds. The van der Waals surface area contributed by atoms with E-state index in [9.17, 15) is 14.4 Å². The Labute approximate surface area is 199 Å². The van der Waals surface area contributed by atoms with E-state index >= 15 is 0 Å². The third-order valence-corrected chi connectivity index (χ3v) is 7.20. The second kappa shape index (κ2) is 9.85. The monoisotopic (exact) mass is 465 g/mol. The Morgan fingerprint density at radius 1 is 1.03 bits per heavy atom. The number of likely N-dealkylation sites (N-methyl/N-ethyl adjacent to an activating group) is 1. The Hall–Kier alpha value is -3.39. The molecule has 0 radical (unpaired) electrons. The van der Waals surface area contributed by atoms with Gasteiger partial charge in [-0.2, -0.15) is 0 Å². The molecule has 8 nitrogen and oxygen atoms in total. The molecule has 1 spiro atoms. The smallest absolute Gasteiger partial charge is 0.252 e. The van der Waals surface area contributed by atoms with Crippen LogP contribution in [0, 0.1) is 5.92 Å². The molecular formula is C26H31N3O5. The molecule has 0 aliphatic carbocycles. The molecule has 0 unspecified atom stereocenters. The third-order valence-electron chi connectivity index (χ3n) is 7.20. The van der Waals surface area contributed by atoms with Crippen LogP contribution in [0.5, 0.6) is 5.75 Å². The number of hydrogen-bond acceptors (Lipinski definition) is 5. The fourth-order valence-electron chi connectivity index (χ4n) is 5.22. The van der Waals surface area contributed by atoms with E-state index in [4.69, 9.17) is 9.47 Å². The van der Waals surface area contributed by atoms with Gasteiger partial charge in [0.15, 0.2) is 0 Å². The Kier molecular flexibility index (Phi) is 6.88. The number of hydrogen-bond donors (Lipinski definition) is 1. The van der Waals surface area contributed by atoms with E-state index in [1.165, 1.54) is 7.11 Å². The maximum atomic E-state index is 13.4. The molecule has 2 aliphatic heterocycles. The van der Waals surface area contributed by atoms with Crippen molar-refractivity contribution in [2.75, 3.05) is 39.7 Å². The number of nitrogens with zero attached hydrogens (tertiary/aromatic N) is 2. The van der Waals surface area contributed by atoms with Crippen LogP contribution in [0.25, 0.3) is 0 Å². The Morgan fingerprint density at radius 2 is 1.68 bits per heavy atom. The zero-order chi connectivity index (χ0) is 24.3. The second-order valence-electron chi connectivity index (χ2n) is 8.90. The van der Waals surface area contributed by atoms with Crippen molar-refractivity contribution in [2.45, 2.75) is 30.9 Å². The standard InChI is InChI=1S/C26H31N3O5/c1-28-25(32)23(34-3)22(24(31)27-19-7-5-4-6-8-19)26(28)13-15-29(16-14-26)21(30)17-18-9-11-20(33-2)12-10-18/h4-12,22-23H,13-17H2,1-3H3,(H,27,31)/t22-,23+/m0/s1. The van der Waals surface area contributed by atoms with E-state index < -0.39 is 17.6 Å². The molecule has 2 aromatic carbocycles. The maximum absolute atomic E-state index is 13.4. The van der Waals surface area contributed by atoms with Crippen molar-refractivity contribution in [1.82, 2.24) is 9.80 Å². The zero-order valence-electron chi connectivity index (χ0n) is 19.8. The van der Waals surface area contributed by atoms with Gasteiger partial charge in [-0.3, -0.25) is 14.4 Å². The van der Waals surface area contributed by atoms with E-state index in [1.54, 1.807) is 19.1 Å². The quantitative estimate of drug-likeness (QED) is 0.708. The fourth-order valence-corrected chi connectivity index (χ4v) is 5.22. The molecular weight excluding hydrogens is 434 g/mol. The molecule has 2 heterocycles. The topological polar surface area (TPSA) is 88.2 Å². The van der Waals surface area contributed by atoms with Crippen LogP contribution in [-0.2, 0) is 25.5 Å². The molecule has 2 saturated heterocycles. The minimum atomic E-state index is -0.852. The predicted octanol–water partition coefficient (Wildman–Crippen LogP) is 2.34. The van der Waals surface area contributed by atoms with Gasteiger partial charge in [-0.1, -0.05) is 30.3 Å². The molecule has 0 saturated carbocycles. The molecule has 1 N–H and O–H groups in total. The van der Waals surface area contributed by atoms with Crippen molar-refractivity contribution in [1.29, 1.82) is 0 Å². The Balaban J connectivity index is 1.48. The number of para-hydroxylation sites is 1. The van der Waals surface area contributed by atoms with E-state index in [2.05, 4.69) is 5.32 Å². The van der Waals surface area contributed by atoms with Crippen LogP contribution in [0.1, 0.15) is 18.4 Å². The largest absolute Gasteiger partial charge is 0.497 e. The lowest BCUT2D eigenvalue weighted by Crippen LogP contribution is -2.58. The van der Waals surface area contributed by atoms with Gasteiger partial charge in [-0.05, 0) is 42.7 Å². The molecule has 2 aromatic rings. The highest BCUT2D eigenvalue weighted by Gasteiger charge is 2.61. The first kappa shape index (κ1) is 23.8. The average molecular weight is 466 g/mol. The first-order valence-corrected chi connectivity index (χ1v) is 11.5. The summed E-state index contributed by atoms with van der Waals surface area (Å²) in [5, 5.41) is 2.95. The van der Waals surface area contributed by atoms with Gasteiger partial charge in [0.2, 0.25) is 11.8 Å². The van der Waals surface area contributed by atoms with Crippen LogP contribution in [0.2, 0.25) is 0 Å². The molecule has 0 bridgehead atoms. The van der Waals surface area contributed by atoms with Crippen LogP contribution < -0.4 is 10.1 Å². The molecule has 180 valence electrons. The summed E-state index contributed by atoms with van der Waals surface area (Å²) in [7, 11) is 4.81. The van der Waals surface area contributed by atoms with Gasteiger partial charge < -0.3 is 24.6 Å². The van der Waals surface area contributed by atoms with E-state index in [-0.39, 0.29) is 17.7 Å². The summed E-state index contributed by atoms with van der Waals surface area (Å²) < 4.78 is 10.7. The summed E-state index contributed by atoms with van der Waals surface area (Å²) in [6.07, 6.45) is 0.465. The van der Waals surface area contributed by atoms with E-state index in [1.807, 2.05) is 59.5 Å². The van der Waals surface area contributed by atoms with E-state index in [0.717, 1.165) is 11.3 Å². The van der Waals surface area contributed by atoms with Gasteiger partial charge in [0.1, 0.15) is 11.9 Å². The SMILES string of the molecule is COc1ccc(CC(=O)N2CCC3(CC2)[C@H](C(=O)Nc2ccccc2)[C@@H](OC)C(=O)N3C)cc1. The number of rotatable bonds is 6. The van der Waals surface area contributed by atoms with Crippen molar-refractivity contribution >= 4 is 23.4 Å². The summed E-state index contributed by atoms with van der Waals surface area (Å²) in [5.41, 5.74) is 0.887. The minimum absolute atomic E-state index is 0.0283. The molecule has 8 heteroatoms. The van der Waals surface area contributed by atoms with Gasteiger partial charge in [0.05, 0.1) is 25.0 Å². The first-order valence-electron chi connectivity index (χ1n) is 11.5. The summed E-state index contributed by atoms with van der Waals surface area (Å²) in [6.45, 7) is 0.941. The number of ether oxygens (including phenoxy) is 2. The lowest BCUT2D eigenvalue weighted by atomic mass is 9.75.